The fourth-order valence-electron chi connectivity index (χ4n) is 3.71. The van der Waals surface area contributed by atoms with Gasteiger partial charge in [-0.3, -0.25) is 24.6 Å². The van der Waals surface area contributed by atoms with Crippen molar-refractivity contribution in [1.82, 2.24) is 10.2 Å². The molecule has 2 heterocycles. The van der Waals surface area contributed by atoms with E-state index in [9.17, 15) is 18.8 Å². The predicted molar refractivity (Wildman–Crippen MR) is 82.1 cm³/mol. The molecule has 0 saturated carbocycles. The minimum Gasteiger partial charge on any atom is -0.465 e. The molecule has 2 saturated heterocycles. The number of carbonyl (C=O) groups is 3. The molecule has 1 aromatic carbocycles. The van der Waals surface area contributed by atoms with E-state index in [2.05, 4.69) is 5.32 Å². The van der Waals surface area contributed by atoms with Crippen LogP contribution in [0.5, 0.6) is 0 Å². The van der Waals surface area contributed by atoms with Crippen LogP contribution >= 0.6 is 0 Å². The molecule has 0 aliphatic carbocycles. The lowest BCUT2D eigenvalue weighted by molar-refractivity contribution is -0.155. The SMILES string of the molecule is CCOC(=O)[C@]1(C)N[C@H](c2ccc(F)cc2)[C@@H]2C(=O)N(C)C(=O)[C@@H]21. The number of esters is 1. The molecule has 2 amide bonds. The highest BCUT2D eigenvalue weighted by molar-refractivity contribution is 6.09. The number of amides is 2. The van der Waals surface area contributed by atoms with Gasteiger partial charge in [-0.25, -0.2) is 4.39 Å². The summed E-state index contributed by atoms with van der Waals surface area (Å²) in [7, 11) is 1.41. The van der Waals surface area contributed by atoms with Crippen LogP contribution in [0.15, 0.2) is 24.3 Å². The minimum absolute atomic E-state index is 0.173. The third-order valence-corrected chi connectivity index (χ3v) is 4.94. The lowest BCUT2D eigenvalue weighted by Crippen LogP contribution is -2.53. The maximum Gasteiger partial charge on any atom is 0.326 e. The summed E-state index contributed by atoms with van der Waals surface area (Å²) in [5.41, 5.74) is -0.659. The van der Waals surface area contributed by atoms with E-state index in [4.69, 9.17) is 4.74 Å². The number of benzene rings is 1. The predicted octanol–water partition coefficient (Wildman–Crippen LogP) is 1.02. The van der Waals surface area contributed by atoms with Crippen molar-refractivity contribution >= 4 is 17.8 Å². The van der Waals surface area contributed by atoms with Gasteiger partial charge in [0, 0.05) is 13.1 Å². The number of likely N-dealkylation sites (tertiary alicyclic amines) is 1. The van der Waals surface area contributed by atoms with Gasteiger partial charge in [-0.05, 0) is 31.5 Å². The summed E-state index contributed by atoms with van der Waals surface area (Å²) >= 11 is 0. The number of rotatable bonds is 3. The monoisotopic (exact) mass is 334 g/mol. The highest BCUT2D eigenvalue weighted by atomic mass is 19.1. The van der Waals surface area contributed by atoms with E-state index in [0.29, 0.717) is 5.56 Å². The number of ether oxygens (including phenoxy) is 1. The van der Waals surface area contributed by atoms with Gasteiger partial charge in [0.2, 0.25) is 11.8 Å². The van der Waals surface area contributed by atoms with E-state index in [-0.39, 0.29) is 12.5 Å². The van der Waals surface area contributed by atoms with E-state index < -0.39 is 41.1 Å². The third kappa shape index (κ3) is 2.23. The van der Waals surface area contributed by atoms with Gasteiger partial charge in [0.25, 0.3) is 0 Å². The van der Waals surface area contributed by atoms with Crippen molar-refractivity contribution in [2.24, 2.45) is 11.8 Å². The number of nitrogens with one attached hydrogen (secondary N) is 1. The Balaban J connectivity index is 2.06. The smallest absolute Gasteiger partial charge is 0.326 e. The molecule has 2 fully saturated rings. The van der Waals surface area contributed by atoms with Crippen molar-refractivity contribution in [2.45, 2.75) is 25.4 Å². The summed E-state index contributed by atoms with van der Waals surface area (Å²) in [5.74, 6) is -3.28. The Morgan fingerprint density at radius 1 is 1.29 bits per heavy atom. The van der Waals surface area contributed by atoms with Gasteiger partial charge < -0.3 is 4.74 Å². The van der Waals surface area contributed by atoms with E-state index in [1.807, 2.05) is 0 Å². The minimum atomic E-state index is -1.31. The lowest BCUT2D eigenvalue weighted by atomic mass is 9.80. The molecule has 24 heavy (non-hydrogen) atoms. The van der Waals surface area contributed by atoms with Crippen LogP contribution in [-0.4, -0.2) is 41.9 Å². The van der Waals surface area contributed by atoms with Gasteiger partial charge >= 0.3 is 5.97 Å². The van der Waals surface area contributed by atoms with E-state index >= 15 is 0 Å². The number of carbonyl (C=O) groups excluding carboxylic acids is 3. The fraction of sp³-hybridized carbons (Fsp3) is 0.471. The first-order valence-corrected chi connectivity index (χ1v) is 7.83. The van der Waals surface area contributed by atoms with Crippen LogP contribution in [0, 0.1) is 17.7 Å². The molecule has 4 atom stereocenters. The summed E-state index contributed by atoms with van der Waals surface area (Å²) in [4.78, 5) is 38.6. The molecule has 0 radical (unpaired) electrons. The lowest BCUT2D eigenvalue weighted by Gasteiger charge is -2.28. The molecule has 1 aromatic rings. The van der Waals surface area contributed by atoms with E-state index in [1.165, 1.54) is 19.2 Å². The normalized spacial score (nSPS) is 32.2. The highest BCUT2D eigenvalue weighted by Crippen LogP contribution is 2.48. The molecule has 0 unspecified atom stereocenters. The van der Waals surface area contributed by atoms with E-state index in [1.54, 1.807) is 26.0 Å². The van der Waals surface area contributed by atoms with Crippen molar-refractivity contribution in [3.05, 3.63) is 35.6 Å². The van der Waals surface area contributed by atoms with Crippen molar-refractivity contribution in [3.8, 4) is 0 Å². The zero-order chi connectivity index (χ0) is 17.6. The molecule has 128 valence electrons. The van der Waals surface area contributed by atoms with Crippen molar-refractivity contribution < 1.29 is 23.5 Å². The van der Waals surface area contributed by atoms with Crippen LogP contribution in [0.25, 0.3) is 0 Å². The molecule has 7 heteroatoms. The maximum absolute atomic E-state index is 13.2. The summed E-state index contributed by atoms with van der Waals surface area (Å²) in [5, 5.41) is 3.11. The van der Waals surface area contributed by atoms with Gasteiger partial charge in [0.05, 0.1) is 18.4 Å². The second-order valence-corrected chi connectivity index (χ2v) is 6.34. The molecule has 3 rings (SSSR count). The standard InChI is InChI=1S/C17H19FN2O4/c1-4-24-16(23)17(2)12-11(14(21)20(3)15(12)22)13(19-17)9-5-7-10(18)8-6-9/h5-8,11-13,19H,4H2,1-3H3/t11-,12-,13-,17-/m1/s1. The summed E-state index contributed by atoms with van der Waals surface area (Å²) in [6.07, 6.45) is 0. The van der Waals surface area contributed by atoms with E-state index in [0.717, 1.165) is 4.90 Å². The average Bonchev–Trinajstić information content (AvgIpc) is 2.99. The third-order valence-electron chi connectivity index (χ3n) is 4.94. The molecular formula is C17H19FN2O4. The first kappa shape index (κ1) is 16.6. The number of hydrogen-bond donors (Lipinski definition) is 1. The molecule has 0 spiro atoms. The quantitative estimate of drug-likeness (QED) is 0.660. The molecule has 6 nitrogen and oxygen atoms in total. The first-order valence-electron chi connectivity index (χ1n) is 7.83. The van der Waals surface area contributed by atoms with Gasteiger partial charge in [0.1, 0.15) is 11.4 Å². The molecule has 0 bridgehead atoms. The second kappa shape index (κ2) is 5.66. The number of imide groups is 1. The summed E-state index contributed by atoms with van der Waals surface area (Å²) in [6, 6.07) is 5.12. The Morgan fingerprint density at radius 2 is 1.92 bits per heavy atom. The Kier molecular flexibility index (Phi) is 3.91. The highest BCUT2D eigenvalue weighted by Gasteiger charge is 2.66. The topological polar surface area (TPSA) is 75.7 Å². The van der Waals surface area contributed by atoms with Crippen LogP contribution in [-0.2, 0) is 19.1 Å². The maximum atomic E-state index is 13.2. The van der Waals surface area contributed by atoms with Crippen molar-refractivity contribution in [1.29, 1.82) is 0 Å². The Morgan fingerprint density at radius 3 is 2.50 bits per heavy atom. The first-order chi connectivity index (χ1) is 11.3. The molecule has 2 aliphatic rings. The number of fused-ring (bicyclic) bond motifs is 1. The average molecular weight is 334 g/mol. The largest absolute Gasteiger partial charge is 0.465 e. The molecule has 2 aliphatic heterocycles. The molecular weight excluding hydrogens is 315 g/mol. The fourth-order valence-corrected chi connectivity index (χ4v) is 3.71. The Labute approximate surface area is 139 Å². The van der Waals surface area contributed by atoms with Crippen LogP contribution < -0.4 is 5.32 Å². The van der Waals surface area contributed by atoms with Crippen LogP contribution in [0.1, 0.15) is 25.5 Å². The number of nitrogens with zero attached hydrogens (tertiary/aromatic N) is 1. The second-order valence-electron chi connectivity index (χ2n) is 6.34. The van der Waals surface area contributed by atoms with Gasteiger partial charge in [-0.15, -0.1) is 0 Å². The van der Waals surface area contributed by atoms with Gasteiger partial charge in [-0.2, -0.15) is 0 Å². The zero-order valence-corrected chi connectivity index (χ0v) is 13.7. The zero-order valence-electron chi connectivity index (χ0n) is 13.7. The number of halogens is 1. The van der Waals surface area contributed by atoms with Gasteiger partial charge in [-0.1, -0.05) is 12.1 Å². The Bertz CT molecular complexity index is 705. The number of hydrogen-bond acceptors (Lipinski definition) is 5. The van der Waals surface area contributed by atoms with Gasteiger partial charge in [0.15, 0.2) is 0 Å². The summed E-state index contributed by atoms with van der Waals surface area (Å²) < 4.78 is 18.3. The van der Waals surface area contributed by atoms with Crippen LogP contribution in [0.3, 0.4) is 0 Å². The molecule has 1 N–H and O–H groups in total. The summed E-state index contributed by atoms with van der Waals surface area (Å²) in [6.45, 7) is 3.43. The van der Waals surface area contributed by atoms with Crippen molar-refractivity contribution in [3.63, 3.8) is 0 Å². The van der Waals surface area contributed by atoms with Crippen LogP contribution in [0.2, 0.25) is 0 Å². The van der Waals surface area contributed by atoms with Crippen molar-refractivity contribution in [2.75, 3.05) is 13.7 Å². The van der Waals surface area contributed by atoms with Crippen LogP contribution in [0.4, 0.5) is 4.39 Å². The molecule has 0 aromatic heterocycles. The Hall–Kier alpha value is -2.28.